The van der Waals surface area contributed by atoms with Gasteiger partial charge in [0.15, 0.2) is 5.96 Å². The minimum Gasteiger partial charge on any atom is -0.356 e. The fraction of sp³-hybridized carbons (Fsp3) is 0.857. The van der Waals surface area contributed by atoms with Gasteiger partial charge >= 0.3 is 0 Å². The maximum absolute atomic E-state index is 4.53. The number of nitrogens with zero attached hydrogens (tertiary/aromatic N) is 6. The number of aliphatic imine (C=N–C) groups is 1. The molecule has 3 rings (SSSR count). The van der Waals surface area contributed by atoms with Crippen molar-refractivity contribution in [3.8, 4) is 0 Å². The first-order valence-electron chi connectivity index (χ1n) is 11.3. The average molecular weight is 518 g/mol. The van der Waals surface area contributed by atoms with E-state index < -0.39 is 0 Å². The molecule has 0 bridgehead atoms. The van der Waals surface area contributed by atoms with Crippen LogP contribution in [0.4, 0.5) is 0 Å². The summed E-state index contributed by atoms with van der Waals surface area (Å²) >= 11 is 0. The first kappa shape index (κ1) is 24.4. The number of fused-ring (bicyclic) bond motifs is 1. The van der Waals surface area contributed by atoms with Gasteiger partial charge in [-0.15, -0.1) is 34.2 Å². The lowest BCUT2D eigenvalue weighted by Crippen LogP contribution is -2.41. The standard InChI is InChI=1S/C21H39N7.HI/c1-4-26(5-2)16-18-12-15-27(17-18)21(22-3)23-13-9-11-20-25-24-19-10-7-6-8-14-28(19)20;/h18H,4-17H2,1-3H3,(H,22,23);1H. The van der Waals surface area contributed by atoms with Crippen LogP contribution in [0.5, 0.6) is 0 Å². The van der Waals surface area contributed by atoms with Gasteiger partial charge in [0, 0.05) is 52.6 Å². The van der Waals surface area contributed by atoms with Crippen LogP contribution in [0.1, 0.15) is 57.6 Å². The molecule has 1 N–H and O–H groups in total. The molecule has 3 heterocycles. The minimum atomic E-state index is 0. The van der Waals surface area contributed by atoms with E-state index in [1.54, 1.807) is 0 Å². The van der Waals surface area contributed by atoms with Gasteiger partial charge in [0.1, 0.15) is 11.6 Å². The molecular formula is C21H40IN7. The Labute approximate surface area is 193 Å². The molecule has 2 aliphatic rings. The van der Waals surface area contributed by atoms with Crippen LogP contribution in [0.15, 0.2) is 4.99 Å². The topological polar surface area (TPSA) is 61.6 Å². The maximum Gasteiger partial charge on any atom is 0.193 e. The average Bonchev–Trinajstić information content (AvgIpc) is 3.26. The smallest absolute Gasteiger partial charge is 0.193 e. The van der Waals surface area contributed by atoms with E-state index >= 15 is 0 Å². The summed E-state index contributed by atoms with van der Waals surface area (Å²) in [5, 5.41) is 12.4. The number of hydrogen-bond acceptors (Lipinski definition) is 4. The first-order chi connectivity index (χ1) is 13.7. The molecule has 7 nitrogen and oxygen atoms in total. The molecule has 1 aromatic heterocycles. The third kappa shape index (κ3) is 6.80. The van der Waals surface area contributed by atoms with Crippen LogP contribution in [0.3, 0.4) is 0 Å². The highest BCUT2D eigenvalue weighted by Gasteiger charge is 2.25. The molecule has 0 spiro atoms. The van der Waals surface area contributed by atoms with E-state index in [0.29, 0.717) is 0 Å². The Hall–Kier alpha value is -0.900. The van der Waals surface area contributed by atoms with Crippen molar-refractivity contribution in [2.24, 2.45) is 10.9 Å². The van der Waals surface area contributed by atoms with E-state index in [2.05, 4.69) is 48.7 Å². The van der Waals surface area contributed by atoms with Crippen LogP contribution < -0.4 is 5.32 Å². The van der Waals surface area contributed by atoms with E-state index in [1.165, 1.54) is 38.1 Å². The summed E-state index contributed by atoms with van der Waals surface area (Å²) in [4.78, 5) is 9.49. The first-order valence-corrected chi connectivity index (χ1v) is 11.3. The summed E-state index contributed by atoms with van der Waals surface area (Å²) in [5.41, 5.74) is 0. The number of guanidine groups is 1. The van der Waals surface area contributed by atoms with Gasteiger partial charge in [-0.05, 0) is 44.7 Å². The molecule has 0 aromatic carbocycles. The lowest BCUT2D eigenvalue weighted by Gasteiger charge is -2.24. The molecule has 0 saturated carbocycles. The zero-order valence-corrected chi connectivity index (χ0v) is 20.9. The van der Waals surface area contributed by atoms with Gasteiger partial charge in [0.2, 0.25) is 0 Å². The van der Waals surface area contributed by atoms with Crippen molar-refractivity contribution in [3.63, 3.8) is 0 Å². The molecule has 8 heteroatoms. The second kappa shape index (κ2) is 12.7. The lowest BCUT2D eigenvalue weighted by atomic mass is 10.1. The van der Waals surface area contributed by atoms with Crippen LogP contribution in [-0.2, 0) is 19.4 Å². The number of hydrogen-bond donors (Lipinski definition) is 1. The van der Waals surface area contributed by atoms with Crippen molar-refractivity contribution < 1.29 is 0 Å². The largest absolute Gasteiger partial charge is 0.356 e. The molecule has 0 aliphatic carbocycles. The molecule has 29 heavy (non-hydrogen) atoms. The molecule has 1 fully saturated rings. The van der Waals surface area contributed by atoms with Crippen molar-refractivity contribution in [2.45, 2.75) is 65.3 Å². The monoisotopic (exact) mass is 517 g/mol. The lowest BCUT2D eigenvalue weighted by molar-refractivity contribution is 0.255. The summed E-state index contributed by atoms with van der Waals surface area (Å²) < 4.78 is 2.36. The van der Waals surface area contributed by atoms with Crippen molar-refractivity contribution >= 4 is 29.9 Å². The Morgan fingerprint density at radius 1 is 1.17 bits per heavy atom. The van der Waals surface area contributed by atoms with Crippen LogP contribution in [0.25, 0.3) is 0 Å². The quantitative estimate of drug-likeness (QED) is 0.249. The van der Waals surface area contributed by atoms with Crippen molar-refractivity contribution in [1.29, 1.82) is 0 Å². The zero-order valence-electron chi connectivity index (χ0n) is 18.6. The summed E-state index contributed by atoms with van der Waals surface area (Å²) in [6.45, 7) is 12.3. The number of aromatic nitrogens is 3. The van der Waals surface area contributed by atoms with Gasteiger partial charge < -0.3 is 19.7 Å². The van der Waals surface area contributed by atoms with Crippen molar-refractivity contribution in [3.05, 3.63) is 11.6 Å². The Bertz CT molecular complexity index is 627. The van der Waals surface area contributed by atoms with Crippen molar-refractivity contribution in [1.82, 2.24) is 29.9 Å². The molecule has 0 radical (unpaired) electrons. The van der Waals surface area contributed by atoms with Crippen LogP contribution in [-0.4, -0.2) is 76.8 Å². The Balaban J connectivity index is 0.00000300. The van der Waals surface area contributed by atoms with Crippen LogP contribution in [0.2, 0.25) is 0 Å². The van der Waals surface area contributed by atoms with E-state index in [4.69, 9.17) is 0 Å². The maximum atomic E-state index is 4.53. The molecule has 166 valence electrons. The number of nitrogens with one attached hydrogen (secondary N) is 1. The third-order valence-electron chi connectivity index (χ3n) is 6.25. The molecule has 1 atom stereocenters. The molecule has 1 saturated heterocycles. The van der Waals surface area contributed by atoms with Gasteiger partial charge in [-0.1, -0.05) is 20.3 Å². The number of halogens is 1. The zero-order chi connectivity index (χ0) is 19.8. The normalized spacial score (nSPS) is 19.8. The third-order valence-corrected chi connectivity index (χ3v) is 6.25. The van der Waals surface area contributed by atoms with Gasteiger partial charge in [0.25, 0.3) is 0 Å². The predicted octanol–water partition coefficient (Wildman–Crippen LogP) is 2.79. The number of aryl methyl sites for hydroxylation is 2. The summed E-state index contributed by atoms with van der Waals surface area (Å²) in [6.07, 6.45) is 8.22. The van der Waals surface area contributed by atoms with Gasteiger partial charge in [0.05, 0.1) is 0 Å². The van der Waals surface area contributed by atoms with E-state index in [-0.39, 0.29) is 24.0 Å². The van der Waals surface area contributed by atoms with Crippen molar-refractivity contribution in [2.75, 3.05) is 46.3 Å². The SMILES string of the molecule is CCN(CC)CC1CCN(C(=NC)NCCCc2nnc3n2CCCCC3)C1.I. The highest BCUT2D eigenvalue weighted by molar-refractivity contribution is 14.0. The fourth-order valence-corrected chi connectivity index (χ4v) is 4.53. The number of likely N-dealkylation sites (tertiary alicyclic amines) is 1. The van der Waals surface area contributed by atoms with E-state index in [0.717, 1.165) is 76.2 Å². The van der Waals surface area contributed by atoms with E-state index in [9.17, 15) is 0 Å². The highest BCUT2D eigenvalue weighted by atomic mass is 127. The van der Waals surface area contributed by atoms with Gasteiger partial charge in [-0.25, -0.2) is 0 Å². The summed E-state index contributed by atoms with van der Waals surface area (Å²) in [5.74, 6) is 4.16. The molecule has 1 unspecified atom stereocenters. The highest BCUT2D eigenvalue weighted by Crippen LogP contribution is 2.18. The Kier molecular flexibility index (Phi) is 10.7. The Morgan fingerprint density at radius 2 is 2.00 bits per heavy atom. The second-order valence-corrected chi connectivity index (χ2v) is 8.16. The Morgan fingerprint density at radius 3 is 2.76 bits per heavy atom. The summed E-state index contributed by atoms with van der Waals surface area (Å²) in [7, 11) is 1.90. The molecule has 2 aliphatic heterocycles. The summed E-state index contributed by atoms with van der Waals surface area (Å²) in [6, 6.07) is 0. The molecule has 0 amide bonds. The fourth-order valence-electron chi connectivity index (χ4n) is 4.53. The molecular weight excluding hydrogens is 477 g/mol. The van der Waals surface area contributed by atoms with Crippen LogP contribution in [0, 0.1) is 5.92 Å². The number of rotatable bonds is 8. The van der Waals surface area contributed by atoms with Crippen LogP contribution >= 0.6 is 24.0 Å². The van der Waals surface area contributed by atoms with Gasteiger partial charge in [-0.3, -0.25) is 4.99 Å². The minimum absolute atomic E-state index is 0. The second-order valence-electron chi connectivity index (χ2n) is 8.16. The van der Waals surface area contributed by atoms with Gasteiger partial charge in [-0.2, -0.15) is 0 Å². The predicted molar refractivity (Wildman–Crippen MR) is 130 cm³/mol. The van der Waals surface area contributed by atoms with E-state index in [1.807, 2.05) is 7.05 Å². The molecule has 1 aromatic rings.